The molecule has 1 heterocycles. The van der Waals surface area contributed by atoms with Crippen LogP contribution >= 0.6 is 11.6 Å². The summed E-state index contributed by atoms with van der Waals surface area (Å²) in [6.07, 6.45) is 0.965. The van der Waals surface area contributed by atoms with Gasteiger partial charge in [0.15, 0.2) is 0 Å². The van der Waals surface area contributed by atoms with Gasteiger partial charge in [-0.1, -0.05) is 29.8 Å². The van der Waals surface area contributed by atoms with Crippen LogP contribution < -0.4 is 15.0 Å². The lowest BCUT2D eigenvalue weighted by Crippen LogP contribution is -2.21. The number of nitrogens with one attached hydrogen (secondary N) is 1. The van der Waals surface area contributed by atoms with Crippen LogP contribution in [0.2, 0.25) is 5.02 Å². The van der Waals surface area contributed by atoms with Crippen LogP contribution in [-0.2, 0) is 22.6 Å². The van der Waals surface area contributed by atoms with E-state index in [0.29, 0.717) is 23.6 Å². The first kappa shape index (κ1) is 21.5. The number of carboxylic acid groups (broad SMARTS) is 1. The number of rotatable bonds is 5. The minimum atomic E-state index is -1.59. The summed E-state index contributed by atoms with van der Waals surface area (Å²) >= 11 is 6.33. The van der Waals surface area contributed by atoms with Gasteiger partial charge in [0, 0.05) is 30.0 Å². The zero-order valence-corrected chi connectivity index (χ0v) is 18.0. The Hall–Kier alpha value is -3.71. The van der Waals surface area contributed by atoms with Crippen LogP contribution in [0.4, 0.5) is 11.4 Å². The summed E-state index contributed by atoms with van der Waals surface area (Å²) in [5.74, 6) is -1.69. The van der Waals surface area contributed by atoms with Gasteiger partial charge in [0.25, 0.3) is 0 Å². The molecule has 0 saturated heterocycles. The van der Waals surface area contributed by atoms with Crippen molar-refractivity contribution in [2.75, 3.05) is 16.8 Å². The van der Waals surface area contributed by atoms with Crippen molar-refractivity contribution in [2.24, 2.45) is 0 Å². The Morgan fingerprint density at radius 3 is 2.69 bits per heavy atom. The summed E-state index contributed by atoms with van der Waals surface area (Å²) in [6, 6.07) is 16.2. The molecule has 0 atom stereocenters. The van der Waals surface area contributed by atoms with E-state index in [-0.39, 0.29) is 16.5 Å². The maximum absolute atomic E-state index is 11.4. The number of carbonyl (C=O) groups excluding carboxylic acids is 1. The van der Waals surface area contributed by atoms with E-state index in [4.69, 9.17) is 21.4 Å². The summed E-state index contributed by atoms with van der Waals surface area (Å²) in [7, 11) is 0. The zero-order valence-electron chi connectivity index (χ0n) is 17.3. The molecule has 0 bridgehead atoms. The number of aryl methyl sites for hydroxylation is 1. The lowest BCUT2D eigenvalue weighted by atomic mass is 10.1. The highest BCUT2D eigenvalue weighted by molar-refractivity contribution is 6.37. The number of fused-ring (bicyclic) bond motifs is 1. The number of amides is 1. The van der Waals surface area contributed by atoms with E-state index in [1.165, 1.54) is 11.6 Å². The van der Waals surface area contributed by atoms with Crippen LogP contribution in [0.1, 0.15) is 16.7 Å². The molecule has 0 saturated carbocycles. The van der Waals surface area contributed by atoms with Gasteiger partial charge in [0.1, 0.15) is 17.2 Å². The third kappa shape index (κ3) is 4.48. The molecule has 1 amide bonds. The number of hydrogen-bond donors (Lipinski definition) is 3. The highest BCUT2D eigenvalue weighted by atomic mass is 35.5. The number of benzene rings is 3. The molecule has 8 heteroatoms. The number of nitrogens with zero attached hydrogens (tertiary/aromatic N) is 1. The van der Waals surface area contributed by atoms with E-state index in [1.54, 1.807) is 31.2 Å². The molecule has 3 aromatic rings. The molecule has 7 nitrogen and oxygen atoms in total. The van der Waals surface area contributed by atoms with Gasteiger partial charge >= 0.3 is 11.9 Å². The molecule has 3 aromatic carbocycles. The first-order valence-corrected chi connectivity index (χ1v) is 10.4. The molecule has 0 unspecified atom stereocenters. The second kappa shape index (κ2) is 8.80. The van der Waals surface area contributed by atoms with Crippen LogP contribution in [0.3, 0.4) is 0 Å². The predicted octanol–water partition coefficient (Wildman–Crippen LogP) is 4.73. The van der Waals surface area contributed by atoms with E-state index in [9.17, 15) is 14.7 Å². The molecular formula is C24H21ClN2O5. The Morgan fingerprint density at radius 1 is 1.16 bits per heavy atom. The van der Waals surface area contributed by atoms with Crippen LogP contribution in [-0.4, -0.2) is 28.6 Å². The first-order chi connectivity index (χ1) is 15.3. The summed E-state index contributed by atoms with van der Waals surface area (Å²) in [4.78, 5) is 24.3. The maximum Gasteiger partial charge on any atom is 0.394 e. The number of aromatic hydroxyl groups is 1. The monoisotopic (exact) mass is 452 g/mol. The number of phenols is 1. The fourth-order valence-corrected chi connectivity index (χ4v) is 4.07. The first-order valence-electron chi connectivity index (χ1n) is 9.99. The summed E-state index contributed by atoms with van der Waals surface area (Å²) < 4.78 is 5.99. The second-order valence-electron chi connectivity index (χ2n) is 7.56. The summed E-state index contributed by atoms with van der Waals surface area (Å²) in [6.45, 7) is 3.14. The summed E-state index contributed by atoms with van der Waals surface area (Å²) in [5, 5.41) is 21.6. The van der Waals surface area contributed by atoms with Crippen molar-refractivity contribution in [3.05, 3.63) is 76.3 Å². The third-order valence-corrected chi connectivity index (χ3v) is 5.58. The highest BCUT2D eigenvalue weighted by Crippen LogP contribution is 2.37. The van der Waals surface area contributed by atoms with Gasteiger partial charge in [-0.3, -0.25) is 4.79 Å². The topological polar surface area (TPSA) is 99.1 Å². The number of phenolic OH excluding ortho intramolecular Hbond substituents is 1. The van der Waals surface area contributed by atoms with Crippen molar-refractivity contribution < 1.29 is 24.5 Å². The molecule has 4 rings (SSSR count). The number of halogens is 1. The molecule has 164 valence electrons. The van der Waals surface area contributed by atoms with Gasteiger partial charge < -0.3 is 25.2 Å². The Balaban J connectivity index is 1.54. The third-order valence-electron chi connectivity index (χ3n) is 5.30. The minimum Gasteiger partial charge on any atom is -0.508 e. The predicted molar refractivity (Wildman–Crippen MR) is 122 cm³/mol. The Kier molecular flexibility index (Phi) is 5.92. The van der Waals surface area contributed by atoms with Crippen molar-refractivity contribution in [2.45, 2.75) is 19.9 Å². The van der Waals surface area contributed by atoms with Crippen LogP contribution in [0, 0.1) is 6.92 Å². The average molecular weight is 453 g/mol. The largest absolute Gasteiger partial charge is 0.508 e. The molecule has 32 heavy (non-hydrogen) atoms. The summed E-state index contributed by atoms with van der Waals surface area (Å²) in [5.41, 5.74) is 4.04. The Bertz CT molecular complexity index is 1190. The zero-order chi connectivity index (χ0) is 22.8. The molecule has 0 radical (unpaired) electrons. The fourth-order valence-electron chi connectivity index (χ4n) is 3.76. The SMILES string of the molecule is Cc1cc(NC(=O)C(=O)O)cc(Cl)c1Oc1ccc(O)c(CN2CCc3ccccc32)c1. The van der Waals surface area contributed by atoms with Gasteiger partial charge in [-0.2, -0.15) is 0 Å². The number of ether oxygens (including phenoxy) is 1. The molecule has 3 N–H and O–H groups in total. The van der Waals surface area contributed by atoms with Gasteiger partial charge in [-0.25, -0.2) is 4.79 Å². The Morgan fingerprint density at radius 2 is 1.94 bits per heavy atom. The quantitative estimate of drug-likeness (QED) is 0.484. The molecule has 0 spiro atoms. The van der Waals surface area contributed by atoms with Gasteiger partial charge in [-0.15, -0.1) is 0 Å². The number of carbonyl (C=O) groups is 2. The van der Waals surface area contributed by atoms with Crippen LogP contribution in [0.5, 0.6) is 17.2 Å². The van der Waals surface area contributed by atoms with E-state index in [2.05, 4.69) is 22.3 Å². The molecular weight excluding hydrogens is 432 g/mol. The smallest absolute Gasteiger partial charge is 0.394 e. The number of aliphatic carboxylic acids is 1. The number of hydrogen-bond acceptors (Lipinski definition) is 5. The number of anilines is 2. The van der Waals surface area contributed by atoms with Crippen LogP contribution in [0.15, 0.2) is 54.6 Å². The molecule has 0 aromatic heterocycles. The van der Waals surface area contributed by atoms with E-state index >= 15 is 0 Å². The lowest BCUT2D eigenvalue weighted by Gasteiger charge is -2.21. The minimum absolute atomic E-state index is 0.177. The maximum atomic E-state index is 11.4. The van der Waals surface area contributed by atoms with Gasteiger partial charge in [-0.05, 0) is 60.9 Å². The molecule has 0 aliphatic carbocycles. The number of carboxylic acids is 1. The van der Waals surface area contributed by atoms with E-state index < -0.39 is 11.9 Å². The fraction of sp³-hybridized carbons (Fsp3) is 0.167. The Labute approximate surface area is 189 Å². The van der Waals surface area contributed by atoms with Crippen molar-refractivity contribution in [1.29, 1.82) is 0 Å². The van der Waals surface area contributed by atoms with E-state index in [0.717, 1.165) is 24.2 Å². The van der Waals surface area contributed by atoms with Crippen molar-refractivity contribution in [1.82, 2.24) is 0 Å². The normalized spacial score (nSPS) is 12.4. The standard InChI is InChI=1S/C24H21ClN2O5/c1-14-10-17(26-23(29)24(30)31)12-19(25)22(14)32-18-6-7-21(28)16(11-18)13-27-9-8-15-4-2-3-5-20(15)27/h2-7,10-12,28H,8-9,13H2,1H3,(H,26,29)(H,30,31). The average Bonchev–Trinajstić information content (AvgIpc) is 3.16. The van der Waals surface area contributed by atoms with Crippen molar-refractivity contribution in [3.63, 3.8) is 0 Å². The second-order valence-corrected chi connectivity index (χ2v) is 7.96. The molecule has 0 fully saturated rings. The highest BCUT2D eigenvalue weighted by Gasteiger charge is 2.20. The molecule has 1 aliphatic rings. The van der Waals surface area contributed by atoms with E-state index in [1.807, 2.05) is 12.1 Å². The van der Waals surface area contributed by atoms with Gasteiger partial charge in [0.05, 0.1) is 5.02 Å². The van der Waals surface area contributed by atoms with Crippen molar-refractivity contribution in [3.8, 4) is 17.2 Å². The van der Waals surface area contributed by atoms with Crippen LogP contribution in [0.25, 0.3) is 0 Å². The number of para-hydroxylation sites is 1. The lowest BCUT2D eigenvalue weighted by molar-refractivity contribution is -0.147. The van der Waals surface area contributed by atoms with Crippen molar-refractivity contribution >= 4 is 34.9 Å². The molecule has 1 aliphatic heterocycles. The van der Waals surface area contributed by atoms with Gasteiger partial charge in [0.2, 0.25) is 0 Å².